The number of hydrogen-bond donors (Lipinski definition) is 0. The fourth-order valence-electron chi connectivity index (χ4n) is 0.859. The average Bonchev–Trinajstić information content (AvgIpc) is 2.50. The molecule has 0 radical (unpaired) electrons. The van der Waals surface area contributed by atoms with E-state index in [1.165, 1.54) is 12.1 Å². The fraction of sp³-hybridized carbons (Fsp3) is 0.375. The molecule has 0 N–H and O–H groups in total. The van der Waals surface area contributed by atoms with Crippen molar-refractivity contribution in [2.24, 2.45) is 0 Å². The molecular weight excluding hydrogens is 243 g/mol. The largest absolute Gasteiger partial charge is 0.466 e. The van der Waals surface area contributed by atoms with Gasteiger partial charge < -0.3 is 9.15 Å². The van der Waals surface area contributed by atoms with Crippen LogP contribution in [-0.4, -0.2) is 13.1 Å². The Hall–Kier alpha value is -0.840. The van der Waals surface area contributed by atoms with Gasteiger partial charge >= 0.3 is 5.97 Å². The SMILES string of the molecule is COC(=O)C(C)(F)c1ccc(Br)o1. The van der Waals surface area contributed by atoms with Crippen molar-refractivity contribution in [2.75, 3.05) is 7.11 Å². The molecule has 72 valence electrons. The van der Waals surface area contributed by atoms with Crippen LogP contribution in [0.1, 0.15) is 12.7 Å². The third-order valence-corrected chi connectivity index (χ3v) is 2.03. The molecule has 0 amide bonds. The summed E-state index contributed by atoms with van der Waals surface area (Å²) in [6, 6.07) is 2.89. The minimum Gasteiger partial charge on any atom is -0.466 e. The van der Waals surface area contributed by atoms with Crippen LogP contribution < -0.4 is 0 Å². The zero-order chi connectivity index (χ0) is 10.1. The van der Waals surface area contributed by atoms with Crippen molar-refractivity contribution in [1.82, 2.24) is 0 Å². The number of furan rings is 1. The second-order valence-corrected chi connectivity index (χ2v) is 3.38. The normalized spacial score (nSPS) is 15.1. The molecule has 1 aromatic rings. The van der Waals surface area contributed by atoms with Gasteiger partial charge in [-0.2, -0.15) is 0 Å². The van der Waals surface area contributed by atoms with Crippen molar-refractivity contribution in [3.05, 3.63) is 22.6 Å². The number of rotatable bonds is 2. The molecule has 0 bridgehead atoms. The summed E-state index contributed by atoms with van der Waals surface area (Å²) in [6.07, 6.45) is 0. The van der Waals surface area contributed by atoms with E-state index in [2.05, 4.69) is 20.7 Å². The molecule has 0 spiro atoms. The number of alkyl halides is 1. The van der Waals surface area contributed by atoms with Crippen molar-refractivity contribution in [1.29, 1.82) is 0 Å². The lowest BCUT2D eigenvalue weighted by atomic mass is 10.1. The monoisotopic (exact) mass is 250 g/mol. The fourth-order valence-corrected chi connectivity index (χ4v) is 1.17. The van der Waals surface area contributed by atoms with E-state index >= 15 is 0 Å². The number of hydrogen-bond acceptors (Lipinski definition) is 3. The summed E-state index contributed by atoms with van der Waals surface area (Å²) in [5.41, 5.74) is -2.24. The van der Waals surface area contributed by atoms with Gasteiger partial charge in [-0.1, -0.05) is 0 Å². The van der Waals surface area contributed by atoms with E-state index in [0.29, 0.717) is 4.67 Å². The van der Waals surface area contributed by atoms with Crippen molar-refractivity contribution < 1.29 is 18.3 Å². The number of halogens is 2. The lowest BCUT2D eigenvalue weighted by Crippen LogP contribution is -2.28. The Morgan fingerprint density at radius 3 is 2.69 bits per heavy atom. The molecule has 13 heavy (non-hydrogen) atoms. The van der Waals surface area contributed by atoms with Crippen LogP contribution in [0.3, 0.4) is 0 Å². The lowest BCUT2D eigenvalue weighted by molar-refractivity contribution is -0.155. The van der Waals surface area contributed by atoms with Gasteiger partial charge in [0.05, 0.1) is 7.11 Å². The van der Waals surface area contributed by atoms with Crippen LogP contribution in [0.25, 0.3) is 0 Å². The Balaban J connectivity index is 2.99. The zero-order valence-electron chi connectivity index (χ0n) is 7.14. The Morgan fingerprint density at radius 1 is 1.69 bits per heavy atom. The first-order chi connectivity index (χ1) is 5.98. The van der Waals surface area contributed by atoms with Gasteiger partial charge in [0.15, 0.2) is 10.4 Å². The molecule has 0 aliphatic rings. The van der Waals surface area contributed by atoms with Crippen molar-refractivity contribution in [2.45, 2.75) is 12.6 Å². The summed E-state index contributed by atoms with van der Waals surface area (Å²) in [7, 11) is 1.12. The molecule has 1 atom stereocenters. The van der Waals surface area contributed by atoms with E-state index in [1.807, 2.05) is 0 Å². The third kappa shape index (κ3) is 1.91. The first-order valence-corrected chi connectivity index (χ1v) is 4.31. The molecule has 1 rings (SSSR count). The number of carbonyl (C=O) groups is 1. The molecule has 1 unspecified atom stereocenters. The molecule has 0 aliphatic heterocycles. The van der Waals surface area contributed by atoms with Crippen LogP contribution in [-0.2, 0) is 15.2 Å². The molecule has 0 saturated heterocycles. The maximum absolute atomic E-state index is 13.6. The summed E-state index contributed by atoms with van der Waals surface area (Å²) >= 11 is 3.01. The number of ether oxygens (including phenoxy) is 1. The molecular formula is C8H8BrFO3. The highest BCUT2D eigenvalue weighted by Crippen LogP contribution is 2.30. The molecule has 0 fully saturated rings. The second kappa shape index (κ2) is 3.49. The molecule has 1 heterocycles. The highest BCUT2D eigenvalue weighted by molar-refractivity contribution is 9.10. The van der Waals surface area contributed by atoms with Gasteiger partial charge in [-0.15, -0.1) is 0 Å². The standard InChI is InChI=1S/C8H8BrFO3/c1-8(10,7(11)12-2)5-3-4-6(9)13-5/h3-4H,1-2H3. The highest BCUT2D eigenvalue weighted by atomic mass is 79.9. The van der Waals surface area contributed by atoms with E-state index in [9.17, 15) is 9.18 Å². The average molecular weight is 251 g/mol. The Bertz CT molecular complexity index is 319. The van der Waals surface area contributed by atoms with Crippen molar-refractivity contribution in [3.8, 4) is 0 Å². The van der Waals surface area contributed by atoms with Crippen molar-refractivity contribution in [3.63, 3.8) is 0 Å². The van der Waals surface area contributed by atoms with Crippen molar-refractivity contribution >= 4 is 21.9 Å². The summed E-state index contributed by atoms with van der Waals surface area (Å²) in [5.74, 6) is -1.06. The Labute approximate surface area is 83.0 Å². The molecule has 0 saturated carbocycles. The molecule has 0 aliphatic carbocycles. The van der Waals surface area contributed by atoms with Gasteiger partial charge in [-0.05, 0) is 35.0 Å². The first-order valence-electron chi connectivity index (χ1n) is 3.51. The van der Waals surface area contributed by atoms with Gasteiger partial charge in [-0.25, -0.2) is 9.18 Å². The van der Waals surface area contributed by atoms with E-state index in [0.717, 1.165) is 14.0 Å². The highest BCUT2D eigenvalue weighted by Gasteiger charge is 2.39. The van der Waals surface area contributed by atoms with Gasteiger partial charge in [0.1, 0.15) is 0 Å². The van der Waals surface area contributed by atoms with Crippen LogP contribution >= 0.6 is 15.9 Å². The predicted octanol–water partition coefficient (Wildman–Crippen LogP) is 2.40. The minimum absolute atomic E-state index is 0.0776. The van der Waals surface area contributed by atoms with Crippen LogP contribution in [0, 0.1) is 0 Å². The molecule has 3 nitrogen and oxygen atoms in total. The van der Waals surface area contributed by atoms with E-state index in [-0.39, 0.29) is 5.76 Å². The number of carbonyl (C=O) groups excluding carboxylic acids is 1. The van der Waals surface area contributed by atoms with E-state index in [1.54, 1.807) is 0 Å². The molecule has 0 aromatic carbocycles. The summed E-state index contributed by atoms with van der Waals surface area (Å²) < 4.78 is 23.2. The van der Waals surface area contributed by atoms with Crippen LogP contribution in [0.4, 0.5) is 4.39 Å². The van der Waals surface area contributed by atoms with Crippen LogP contribution in [0.15, 0.2) is 21.2 Å². The third-order valence-electron chi connectivity index (χ3n) is 1.60. The van der Waals surface area contributed by atoms with E-state index < -0.39 is 11.6 Å². The molecule has 1 aromatic heterocycles. The topological polar surface area (TPSA) is 39.4 Å². The van der Waals surface area contributed by atoms with Gasteiger partial charge in [0, 0.05) is 0 Å². The number of esters is 1. The van der Waals surface area contributed by atoms with Gasteiger partial charge in [0.2, 0.25) is 0 Å². The lowest BCUT2D eigenvalue weighted by Gasteiger charge is -2.13. The quantitative estimate of drug-likeness (QED) is 0.757. The van der Waals surface area contributed by atoms with Gasteiger partial charge in [-0.3, -0.25) is 0 Å². The Morgan fingerprint density at radius 2 is 2.31 bits per heavy atom. The van der Waals surface area contributed by atoms with E-state index in [4.69, 9.17) is 4.42 Å². The van der Waals surface area contributed by atoms with Crippen LogP contribution in [0.5, 0.6) is 0 Å². The predicted molar refractivity (Wildman–Crippen MR) is 46.9 cm³/mol. The van der Waals surface area contributed by atoms with Crippen LogP contribution in [0.2, 0.25) is 0 Å². The Kier molecular flexibility index (Phi) is 2.75. The molecule has 5 heteroatoms. The maximum atomic E-state index is 13.6. The second-order valence-electron chi connectivity index (χ2n) is 2.60. The number of methoxy groups -OCH3 is 1. The smallest absolute Gasteiger partial charge is 0.351 e. The summed E-state index contributed by atoms with van der Waals surface area (Å²) in [6.45, 7) is 1.09. The van der Waals surface area contributed by atoms with Gasteiger partial charge in [0.25, 0.3) is 5.67 Å². The summed E-state index contributed by atoms with van der Waals surface area (Å²) in [5, 5.41) is 0. The first kappa shape index (κ1) is 10.2. The maximum Gasteiger partial charge on any atom is 0.351 e. The summed E-state index contributed by atoms with van der Waals surface area (Å²) in [4.78, 5) is 11.0. The minimum atomic E-state index is -2.24. The zero-order valence-corrected chi connectivity index (χ0v) is 8.72.